The Morgan fingerprint density at radius 1 is 1.53 bits per heavy atom. The number of allylic oxidation sites excluding steroid dienone is 2. The summed E-state index contributed by atoms with van der Waals surface area (Å²) in [5.41, 5.74) is 2.83. The number of hydrazone groups is 1. The molecule has 0 saturated carbocycles. The second-order valence-corrected chi connectivity index (χ2v) is 4.47. The van der Waals surface area contributed by atoms with Gasteiger partial charge in [0.05, 0.1) is 0 Å². The van der Waals surface area contributed by atoms with Crippen LogP contribution in [0.25, 0.3) is 0 Å². The summed E-state index contributed by atoms with van der Waals surface area (Å²) in [4.78, 5) is 0. The van der Waals surface area contributed by atoms with Gasteiger partial charge in [0.1, 0.15) is 0 Å². The highest BCUT2D eigenvalue weighted by molar-refractivity contribution is 7.80. The Bertz CT molecular complexity index is 259. The third kappa shape index (κ3) is 5.52. The van der Waals surface area contributed by atoms with E-state index in [0.29, 0.717) is 17.1 Å². The molecule has 1 rings (SSSR count). The van der Waals surface area contributed by atoms with Crippen molar-refractivity contribution in [3.8, 4) is 0 Å². The molecule has 0 fully saturated rings. The summed E-state index contributed by atoms with van der Waals surface area (Å²) in [7, 11) is 0. The largest absolute Gasteiger partial charge is 0.359 e. The summed E-state index contributed by atoms with van der Waals surface area (Å²) >= 11 is 5.05. The van der Waals surface area contributed by atoms with Crippen molar-refractivity contribution in [1.82, 2.24) is 10.7 Å². The third-order valence-electron chi connectivity index (χ3n) is 2.18. The molecule has 3 nitrogen and oxygen atoms in total. The van der Waals surface area contributed by atoms with Crippen molar-refractivity contribution in [2.24, 2.45) is 11.0 Å². The summed E-state index contributed by atoms with van der Waals surface area (Å²) in [5.74, 6) is 0.560. The molecule has 0 bridgehead atoms. The zero-order chi connectivity index (χ0) is 11.1. The molecule has 0 aromatic heterocycles. The number of nitrogens with one attached hydrogen (secondary N) is 2. The summed E-state index contributed by atoms with van der Waals surface area (Å²) in [6.07, 6.45) is 9.83. The minimum atomic E-state index is 0.345. The Labute approximate surface area is 97.0 Å². The summed E-state index contributed by atoms with van der Waals surface area (Å²) in [6.45, 7) is 4.09. The molecule has 0 aromatic rings. The van der Waals surface area contributed by atoms with Crippen LogP contribution in [-0.2, 0) is 0 Å². The first-order valence-electron chi connectivity index (χ1n) is 5.43. The topological polar surface area (TPSA) is 36.4 Å². The molecule has 0 heterocycles. The molecular weight excluding hydrogens is 206 g/mol. The van der Waals surface area contributed by atoms with Crippen LogP contribution in [0.15, 0.2) is 17.3 Å². The highest BCUT2D eigenvalue weighted by Crippen LogP contribution is 2.15. The van der Waals surface area contributed by atoms with E-state index in [9.17, 15) is 0 Å². The maximum Gasteiger partial charge on any atom is 0.187 e. The molecule has 84 valence electrons. The van der Waals surface area contributed by atoms with Gasteiger partial charge in [-0.15, -0.1) is 0 Å². The number of hydrogen-bond donors (Lipinski definition) is 2. The fourth-order valence-electron chi connectivity index (χ4n) is 1.45. The maximum atomic E-state index is 5.05. The molecule has 1 unspecified atom stereocenters. The zero-order valence-electron chi connectivity index (χ0n) is 9.36. The van der Waals surface area contributed by atoms with Crippen LogP contribution >= 0.6 is 12.2 Å². The maximum absolute atomic E-state index is 5.05. The number of hydrogen-bond acceptors (Lipinski definition) is 2. The lowest BCUT2D eigenvalue weighted by molar-refractivity contribution is 0.624. The van der Waals surface area contributed by atoms with Crippen LogP contribution in [0, 0.1) is 5.92 Å². The Morgan fingerprint density at radius 3 is 2.93 bits per heavy atom. The SMILES string of the molecule is CC(C)NC(=S)N/N=C/C1CC=CCC1. The molecule has 1 atom stereocenters. The minimum absolute atomic E-state index is 0.345. The zero-order valence-corrected chi connectivity index (χ0v) is 10.2. The normalized spacial score (nSPS) is 20.9. The average Bonchev–Trinajstić information content (AvgIpc) is 2.18. The van der Waals surface area contributed by atoms with Crippen molar-refractivity contribution in [2.75, 3.05) is 0 Å². The van der Waals surface area contributed by atoms with Gasteiger partial charge in [0, 0.05) is 12.3 Å². The molecule has 0 saturated heterocycles. The fraction of sp³-hybridized carbons (Fsp3) is 0.636. The lowest BCUT2D eigenvalue weighted by Crippen LogP contribution is -2.36. The second kappa shape index (κ2) is 6.56. The molecule has 1 aliphatic rings. The molecule has 4 heteroatoms. The van der Waals surface area contributed by atoms with E-state index in [1.807, 2.05) is 20.1 Å². The molecule has 0 aliphatic heterocycles. The number of thiocarbonyl (C=S) groups is 1. The van der Waals surface area contributed by atoms with Gasteiger partial charge in [-0.2, -0.15) is 5.10 Å². The van der Waals surface area contributed by atoms with Crippen LogP contribution in [0.5, 0.6) is 0 Å². The van der Waals surface area contributed by atoms with Crippen molar-refractivity contribution in [3.63, 3.8) is 0 Å². The molecule has 0 spiro atoms. The highest BCUT2D eigenvalue weighted by Gasteiger charge is 2.06. The van der Waals surface area contributed by atoms with E-state index in [2.05, 4.69) is 28.0 Å². The smallest absolute Gasteiger partial charge is 0.187 e. The Balaban J connectivity index is 2.20. The van der Waals surface area contributed by atoms with E-state index in [1.165, 1.54) is 6.42 Å². The van der Waals surface area contributed by atoms with Gasteiger partial charge < -0.3 is 5.32 Å². The van der Waals surface area contributed by atoms with E-state index < -0.39 is 0 Å². The van der Waals surface area contributed by atoms with Crippen molar-refractivity contribution >= 4 is 23.5 Å². The van der Waals surface area contributed by atoms with Gasteiger partial charge in [0.15, 0.2) is 5.11 Å². The van der Waals surface area contributed by atoms with Crippen LogP contribution in [-0.4, -0.2) is 17.4 Å². The van der Waals surface area contributed by atoms with Gasteiger partial charge >= 0.3 is 0 Å². The molecule has 15 heavy (non-hydrogen) atoms. The summed E-state index contributed by atoms with van der Waals surface area (Å²) in [5, 5.41) is 7.80. The van der Waals surface area contributed by atoms with Gasteiger partial charge in [-0.3, -0.25) is 5.43 Å². The van der Waals surface area contributed by atoms with Crippen LogP contribution in [0.4, 0.5) is 0 Å². The molecular formula is C11H19N3S. The van der Waals surface area contributed by atoms with Gasteiger partial charge in [-0.05, 0) is 51.2 Å². The minimum Gasteiger partial charge on any atom is -0.359 e. The van der Waals surface area contributed by atoms with Gasteiger partial charge in [0.25, 0.3) is 0 Å². The molecule has 0 aromatic carbocycles. The average molecular weight is 225 g/mol. The summed E-state index contributed by atoms with van der Waals surface area (Å²) in [6, 6.07) is 0.345. The Hall–Kier alpha value is -0.900. The predicted molar refractivity (Wildman–Crippen MR) is 69.0 cm³/mol. The molecule has 1 aliphatic carbocycles. The second-order valence-electron chi connectivity index (χ2n) is 4.06. The highest BCUT2D eigenvalue weighted by atomic mass is 32.1. The quantitative estimate of drug-likeness (QED) is 0.334. The van der Waals surface area contributed by atoms with Gasteiger partial charge in [0.2, 0.25) is 0 Å². The third-order valence-corrected chi connectivity index (χ3v) is 2.39. The Morgan fingerprint density at radius 2 is 2.33 bits per heavy atom. The van der Waals surface area contributed by atoms with Gasteiger partial charge in [-0.25, -0.2) is 0 Å². The number of nitrogens with zero attached hydrogens (tertiary/aromatic N) is 1. The molecule has 0 amide bonds. The van der Waals surface area contributed by atoms with Crippen molar-refractivity contribution < 1.29 is 0 Å². The van der Waals surface area contributed by atoms with Crippen molar-refractivity contribution in [2.45, 2.75) is 39.2 Å². The van der Waals surface area contributed by atoms with Crippen molar-refractivity contribution in [3.05, 3.63) is 12.2 Å². The van der Waals surface area contributed by atoms with Crippen LogP contribution in [0.2, 0.25) is 0 Å². The van der Waals surface area contributed by atoms with Gasteiger partial charge in [-0.1, -0.05) is 12.2 Å². The first-order valence-corrected chi connectivity index (χ1v) is 5.84. The van der Waals surface area contributed by atoms with Crippen LogP contribution < -0.4 is 10.7 Å². The van der Waals surface area contributed by atoms with E-state index in [0.717, 1.165) is 12.8 Å². The lowest BCUT2D eigenvalue weighted by Gasteiger charge is -2.13. The monoisotopic (exact) mass is 225 g/mol. The van der Waals surface area contributed by atoms with Crippen LogP contribution in [0.1, 0.15) is 33.1 Å². The molecule has 2 N–H and O–H groups in total. The van der Waals surface area contributed by atoms with E-state index in [4.69, 9.17) is 12.2 Å². The lowest BCUT2D eigenvalue weighted by atomic mass is 9.96. The standard InChI is InChI=1S/C11H19N3S/c1-9(2)13-11(15)14-12-8-10-6-4-3-5-7-10/h3-4,8-10H,5-7H2,1-2H3,(H2,13,14,15)/b12-8+. The van der Waals surface area contributed by atoms with E-state index in [-0.39, 0.29) is 0 Å². The Kier molecular flexibility index (Phi) is 5.32. The fourth-order valence-corrected chi connectivity index (χ4v) is 1.74. The van der Waals surface area contributed by atoms with Crippen molar-refractivity contribution in [1.29, 1.82) is 0 Å². The molecule has 0 radical (unpaired) electrons. The number of rotatable bonds is 3. The predicted octanol–water partition coefficient (Wildman–Crippen LogP) is 2.20. The first-order chi connectivity index (χ1) is 7.18. The first kappa shape index (κ1) is 12.2. The summed E-state index contributed by atoms with van der Waals surface area (Å²) < 4.78 is 0. The van der Waals surface area contributed by atoms with Crippen LogP contribution in [0.3, 0.4) is 0 Å². The van der Waals surface area contributed by atoms with E-state index >= 15 is 0 Å². The van der Waals surface area contributed by atoms with E-state index in [1.54, 1.807) is 0 Å².